The van der Waals surface area contributed by atoms with Crippen LogP contribution >= 0.6 is 0 Å². The quantitative estimate of drug-likeness (QED) is 0.0371. The highest BCUT2D eigenvalue weighted by atomic mass is 32.2. The summed E-state index contributed by atoms with van der Waals surface area (Å²) >= 11 is 0. The van der Waals surface area contributed by atoms with Crippen LogP contribution < -0.4 is 20.1 Å². The van der Waals surface area contributed by atoms with Gasteiger partial charge in [0, 0.05) is 18.7 Å². The predicted octanol–water partition coefficient (Wildman–Crippen LogP) is 5.23. The molecule has 4 aromatic carbocycles. The van der Waals surface area contributed by atoms with Crippen LogP contribution in [0.4, 0.5) is 15.3 Å². The fraction of sp³-hybridized carbons (Fsp3) is 0.257. The van der Waals surface area contributed by atoms with E-state index in [9.17, 15) is 28.1 Å². The van der Waals surface area contributed by atoms with E-state index in [1.165, 1.54) is 12.1 Å². The highest BCUT2D eigenvalue weighted by Crippen LogP contribution is 2.37. The van der Waals surface area contributed by atoms with E-state index in [2.05, 4.69) is 34.9 Å². The molecule has 0 bridgehead atoms. The van der Waals surface area contributed by atoms with Gasteiger partial charge in [-0.1, -0.05) is 72.8 Å². The Morgan fingerprint density at radius 2 is 1.27 bits per heavy atom. The number of rotatable bonds is 17. The number of hydrogen-bond donors (Lipinski definition) is 2. The average Bonchev–Trinajstić information content (AvgIpc) is 3.11. The zero-order valence-electron chi connectivity index (χ0n) is 26.8. The zero-order valence-corrected chi connectivity index (χ0v) is 27.6. The normalized spacial score (nSPS) is 11.3. The Labute approximate surface area is 284 Å². The highest BCUT2D eigenvalue weighted by molar-refractivity contribution is 7.91. The number of nitro groups is 1. The number of nitrogens with zero attached hydrogens (tertiary/aromatic N) is 1. The van der Waals surface area contributed by atoms with Gasteiger partial charge in [-0.3, -0.25) is 15.4 Å². The first-order valence-corrected chi connectivity index (χ1v) is 17.2. The molecule has 0 saturated carbocycles. The summed E-state index contributed by atoms with van der Waals surface area (Å²) < 4.78 is 44.7. The summed E-state index contributed by atoms with van der Waals surface area (Å²) in [7, 11) is -2.10. The molecule has 0 unspecified atom stereocenters. The summed E-state index contributed by atoms with van der Waals surface area (Å²) in [5.74, 6) is -0.249. The number of amides is 1. The molecule has 258 valence electrons. The molecule has 0 spiro atoms. The molecule has 0 fully saturated rings. The third-order valence-electron chi connectivity index (χ3n) is 7.44. The van der Waals surface area contributed by atoms with Crippen LogP contribution in [0.3, 0.4) is 0 Å². The maximum Gasteiger partial charge on any atom is 0.513 e. The zero-order chi connectivity index (χ0) is 35.1. The molecule has 14 heteroatoms. The van der Waals surface area contributed by atoms with E-state index in [0.717, 1.165) is 34.6 Å². The third-order valence-corrected chi connectivity index (χ3v) is 9.02. The SMILES string of the molecule is COc1ccc(C(NCCCNC(=O)OCCS(=O)(=O)CCOC(=O)Oc2ccc([N+](=O)[O-])cc2)(c2ccccc2)c2ccccc2)cc1. The van der Waals surface area contributed by atoms with Crippen LogP contribution in [0.2, 0.25) is 0 Å². The lowest BCUT2D eigenvalue weighted by molar-refractivity contribution is -0.384. The largest absolute Gasteiger partial charge is 0.513 e. The van der Waals surface area contributed by atoms with E-state index in [4.69, 9.17) is 18.9 Å². The van der Waals surface area contributed by atoms with Crippen LogP contribution in [-0.2, 0) is 24.8 Å². The number of benzene rings is 4. The van der Waals surface area contributed by atoms with E-state index in [1.54, 1.807) is 7.11 Å². The molecule has 0 aliphatic carbocycles. The number of non-ortho nitro benzene ring substituents is 1. The molecule has 1 amide bonds. The van der Waals surface area contributed by atoms with Crippen molar-refractivity contribution in [2.75, 3.05) is 44.9 Å². The fourth-order valence-electron chi connectivity index (χ4n) is 5.01. The van der Waals surface area contributed by atoms with Gasteiger partial charge in [0.1, 0.15) is 24.7 Å². The Morgan fingerprint density at radius 3 is 1.82 bits per heavy atom. The molecule has 2 N–H and O–H groups in total. The molecule has 0 aliphatic rings. The molecule has 4 aromatic rings. The number of sulfone groups is 1. The van der Waals surface area contributed by atoms with Crippen molar-refractivity contribution in [1.82, 2.24) is 10.6 Å². The molecule has 0 atom stereocenters. The first-order chi connectivity index (χ1) is 23.6. The Kier molecular flexibility index (Phi) is 13.1. The van der Waals surface area contributed by atoms with Gasteiger partial charge in [-0.05, 0) is 53.9 Å². The third kappa shape index (κ3) is 10.5. The number of carbonyl (C=O) groups excluding carboxylic acids is 2. The number of methoxy groups -OCH3 is 1. The summed E-state index contributed by atoms with van der Waals surface area (Å²) in [5, 5.41) is 17.1. The van der Waals surface area contributed by atoms with Crippen molar-refractivity contribution in [3.63, 3.8) is 0 Å². The van der Waals surface area contributed by atoms with E-state index < -0.39 is 50.7 Å². The lowest BCUT2D eigenvalue weighted by Crippen LogP contribution is -2.45. The van der Waals surface area contributed by atoms with Crippen LogP contribution in [0.1, 0.15) is 23.1 Å². The van der Waals surface area contributed by atoms with Gasteiger partial charge >= 0.3 is 12.2 Å². The Morgan fingerprint density at radius 1 is 0.735 bits per heavy atom. The predicted molar refractivity (Wildman–Crippen MR) is 181 cm³/mol. The molecule has 0 heterocycles. The van der Waals surface area contributed by atoms with Crippen LogP contribution in [0.5, 0.6) is 11.5 Å². The van der Waals surface area contributed by atoms with Crippen LogP contribution in [0.25, 0.3) is 0 Å². The van der Waals surface area contributed by atoms with Crippen LogP contribution in [-0.4, -0.2) is 70.5 Å². The van der Waals surface area contributed by atoms with E-state index >= 15 is 0 Å². The smallest absolute Gasteiger partial charge is 0.497 e. The Balaban J connectivity index is 1.22. The van der Waals surface area contributed by atoms with Gasteiger partial charge in [0.15, 0.2) is 9.84 Å². The number of carbonyl (C=O) groups is 2. The molecule has 13 nitrogen and oxygen atoms in total. The van der Waals surface area contributed by atoms with Crippen molar-refractivity contribution in [3.8, 4) is 11.5 Å². The van der Waals surface area contributed by atoms with Gasteiger partial charge in [0.2, 0.25) is 0 Å². The standard InChI is InChI=1S/C35H37N3O10S/c1-45-31-17-13-29(14-18-31)35(27-9-4-2-5-10-27,28-11-6-3-7-12-28)37-22-8-21-36-33(39)46-23-25-49(43,44)26-24-47-34(40)48-32-19-15-30(16-20-32)38(41)42/h2-7,9-20,37H,8,21-26H2,1H3,(H,36,39). The molecule has 0 radical (unpaired) electrons. The van der Waals surface area contributed by atoms with Crippen molar-refractivity contribution < 1.29 is 41.9 Å². The molecule has 4 rings (SSSR count). The first kappa shape index (κ1) is 36.4. The minimum Gasteiger partial charge on any atom is -0.497 e. The molecular formula is C35H37N3O10S. The van der Waals surface area contributed by atoms with E-state index in [-0.39, 0.29) is 24.6 Å². The van der Waals surface area contributed by atoms with Gasteiger partial charge < -0.3 is 24.3 Å². The Bertz CT molecular complexity index is 1730. The second-order valence-electron chi connectivity index (χ2n) is 10.7. The van der Waals surface area contributed by atoms with Gasteiger partial charge in [0.25, 0.3) is 5.69 Å². The topological polar surface area (TPSA) is 172 Å². The second-order valence-corrected chi connectivity index (χ2v) is 13.0. The van der Waals surface area contributed by atoms with Crippen molar-refractivity contribution in [1.29, 1.82) is 0 Å². The number of ether oxygens (including phenoxy) is 4. The average molecular weight is 692 g/mol. The lowest BCUT2D eigenvalue weighted by Gasteiger charge is -2.37. The summed E-state index contributed by atoms with van der Waals surface area (Å²) in [5.41, 5.74) is 2.19. The fourth-order valence-corrected chi connectivity index (χ4v) is 5.88. The maximum atomic E-state index is 12.3. The number of nitrogens with one attached hydrogen (secondary N) is 2. The molecular weight excluding hydrogens is 654 g/mol. The molecule has 0 aromatic heterocycles. The summed E-state index contributed by atoms with van der Waals surface area (Å²) in [4.78, 5) is 34.2. The molecule has 0 aliphatic heterocycles. The Hall–Kier alpha value is -5.47. The van der Waals surface area contributed by atoms with Crippen molar-refractivity contribution in [2.45, 2.75) is 12.0 Å². The highest BCUT2D eigenvalue weighted by Gasteiger charge is 2.35. The van der Waals surface area contributed by atoms with E-state index in [1.807, 2.05) is 60.7 Å². The lowest BCUT2D eigenvalue weighted by atomic mass is 9.77. The number of alkyl carbamates (subject to hydrolysis) is 1. The molecule has 0 saturated heterocycles. The first-order valence-electron chi connectivity index (χ1n) is 15.3. The minimum atomic E-state index is -3.72. The summed E-state index contributed by atoms with van der Waals surface area (Å²) in [6.07, 6.45) is -1.38. The van der Waals surface area contributed by atoms with Crippen molar-refractivity contribution >= 4 is 27.8 Å². The van der Waals surface area contributed by atoms with Crippen LogP contribution in [0, 0.1) is 10.1 Å². The number of nitro benzene ring substituents is 1. The van der Waals surface area contributed by atoms with Crippen molar-refractivity contribution in [3.05, 3.63) is 136 Å². The van der Waals surface area contributed by atoms with Gasteiger partial charge in [-0.2, -0.15) is 0 Å². The second kappa shape index (κ2) is 17.6. The van der Waals surface area contributed by atoms with E-state index in [0.29, 0.717) is 13.0 Å². The van der Waals surface area contributed by atoms with Gasteiger partial charge in [-0.15, -0.1) is 0 Å². The monoisotopic (exact) mass is 691 g/mol. The molecule has 49 heavy (non-hydrogen) atoms. The maximum absolute atomic E-state index is 12.3. The van der Waals surface area contributed by atoms with Crippen molar-refractivity contribution in [2.24, 2.45) is 0 Å². The summed E-state index contributed by atoms with van der Waals surface area (Å²) in [6.45, 7) is -0.0950. The van der Waals surface area contributed by atoms with Gasteiger partial charge in [0.05, 0.1) is 29.1 Å². The van der Waals surface area contributed by atoms with Crippen LogP contribution in [0.15, 0.2) is 109 Å². The number of hydrogen-bond acceptors (Lipinski definition) is 11. The summed E-state index contributed by atoms with van der Waals surface area (Å²) in [6, 6.07) is 32.7. The minimum absolute atomic E-state index is 0.00222. The van der Waals surface area contributed by atoms with Gasteiger partial charge in [-0.25, -0.2) is 18.0 Å².